The molecule has 1 amide bonds. The van der Waals surface area contributed by atoms with Crippen LogP contribution in [-0.4, -0.2) is 31.2 Å². The van der Waals surface area contributed by atoms with Crippen molar-refractivity contribution in [2.24, 2.45) is 0 Å². The Labute approximate surface area is 157 Å². The van der Waals surface area contributed by atoms with E-state index in [9.17, 15) is 9.18 Å². The molecule has 1 N–H and O–H groups in total. The molecule has 27 heavy (non-hydrogen) atoms. The van der Waals surface area contributed by atoms with Crippen molar-refractivity contribution < 1.29 is 13.6 Å². The van der Waals surface area contributed by atoms with Crippen molar-refractivity contribution in [2.45, 2.75) is 5.16 Å². The molecular weight excluding hydrogens is 369 g/mol. The molecule has 0 spiro atoms. The maximum Gasteiger partial charge on any atom is 0.234 e. The van der Waals surface area contributed by atoms with Crippen molar-refractivity contribution in [3.8, 4) is 11.6 Å². The highest BCUT2D eigenvalue weighted by Crippen LogP contribution is 2.24. The van der Waals surface area contributed by atoms with Crippen molar-refractivity contribution in [3.05, 3.63) is 73.0 Å². The Balaban J connectivity index is 1.52. The fraction of sp³-hybridized carbons (Fsp3) is 0.0556. The van der Waals surface area contributed by atoms with Gasteiger partial charge in [-0.1, -0.05) is 11.8 Å². The van der Waals surface area contributed by atoms with Gasteiger partial charge in [-0.05, 0) is 48.5 Å². The number of rotatable bonds is 6. The number of halogens is 1. The molecular formula is C18H14FN5O2S. The molecule has 3 heterocycles. The van der Waals surface area contributed by atoms with Crippen LogP contribution < -0.4 is 5.32 Å². The predicted octanol–water partition coefficient (Wildman–Crippen LogP) is 3.52. The highest BCUT2D eigenvalue weighted by atomic mass is 32.2. The van der Waals surface area contributed by atoms with Gasteiger partial charge < -0.3 is 9.73 Å². The van der Waals surface area contributed by atoms with Crippen LogP contribution in [0.1, 0.15) is 0 Å². The molecule has 4 aromatic rings. The molecule has 0 aliphatic heterocycles. The van der Waals surface area contributed by atoms with Crippen molar-refractivity contribution in [3.63, 3.8) is 0 Å². The zero-order valence-corrected chi connectivity index (χ0v) is 14.8. The lowest BCUT2D eigenvalue weighted by Gasteiger charge is -2.10. The molecule has 0 radical (unpaired) electrons. The van der Waals surface area contributed by atoms with Crippen LogP contribution in [0.4, 0.5) is 10.1 Å². The third-order valence-corrected chi connectivity index (χ3v) is 4.55. The number of benzene rings is 1. The third kappa shape index (κ3) is 3.77. The van der Waals surface area contributed by atoms with Crippen molar-refractivity contribution in [1.29, 1.82) is 0 Å². The Morgan fingerprint density at radius 2 is 1.89 bits per heavy atom. The molecule has 0 saturated carbocycles. The number of nitrogens with one attached hydrogen (secondary N) is 1. The van der Waals surface area contributed by atoms with Crippen molar-refractivity contribution in [2.75, 3.05) is 11.1 Å². The van der Waals surface area contributed by atoms with E-state index in [2.05, 4.69) is 15.5 Å². The first kappa shape index (κ1) is 17.1. The maximum atomic E-state index is 12.9. The van der Waals surface area contributed by atoms with Gasteiger partial charge in [0.15, 0.2) is 5.76 Å². The van der Waals surface area contributed by atoms with E-state index >= 15 is 0 Å². The first-order valence-corrected chi connectivity index (χ1v) is 9.00. The number of furan rings is 1. The van der Waals surface area contributed by atoms with Crippen molar-refractivity contribution in [1.82, 2.24) is 19.5 Å². The maximum absolute atomic E-state index is 12.9. The highest BCUT2D eigenvalue weighted by molar-refractivity contribution is 7.99. The van der Waals surface area contributed by atoms with Gasteiger partial charge in [-0.15, -0.1) is 10.2 Å². The second kappa shape index (κ2) is 7.50. The molecule has 0 aliphatic rings. The normalized spacial score (nSPS) is 10.9. The number of amides is 1. The molecule has 9 heteroatoms. The van der Waals surface area contributed by atoms with Crippen LogP contribution >= 0.6 is 11.8 Å². The minimum atomic E-state index is -0.354. The van der Waals surface area contributed by atoms with E-state index in [0.717, 1.165) is 0 Å². The Kier molecular flexibility index (Phi) is 4.75. The summed E-state index contributed by atoms with van der Waals surface area (Å²) >= 11 is 1.23. The molecule has 4 rings (SSSR count). The number of anilines is 1. The predicted molar refractivity (Wildman–Crippen MR) is 98.7 cm³/mol. The van der Waals surface area contributed by atoms with Crippen LogP contribution in [0.25, 0.3) is 11.6 Å². The van der Waals surface area contributed by atoms with Gasteiger partial charge >= 0.3 is 0 Å². The standard InChI is InChI=1S/C18H14FN5O2S/c19-13-5-7-14(8-6-13)20-16(25)12-27-18-22-21-17(15-4-3-11-26-15)24(18)23-9-1-2-10-23/h1-11H,12H2,(H,20,25). The molecule has 136 valence electrons. The second-order valence-electron chi connectivity index (χ2n) is 5.50. The summed E-state index contributed by atoms with van der Waals surface area (Å²) in [6.45, 7) is 0. The van der Waals surface area contributed by atoms with E-state index < -0.39 is 0 Å². The average molecular weight is 383 g/mol. The van der Waals surface area contributed by atoms with Crippen LogP contribution in [0.3, 0.4) is 0 Å². The molecule has 3 aromatic heterocycles. The van der Waals surface area contributed by atoms with E-state index in [1.54, 1.807) is 27.7 Å². The Bertz CT molecular complexity index is 1030. The fourth-order valence-electron chi connectivity index (χ4n) is 2.44. The second-order valence-corrected chi connectivity index (χ2v) is 6.44. The molecule has 0 bridgehead atoms. The number of carbonyl (C=O) groups is 1. The lowest BCUT2D eigenvalue weighted by Crippen LogP contribution is -2.15. The Morgan fingerprint density at radius 1 is 1.11 bits per heavy atom. The van der Waals surface area contributed by atoms with E-state index in [0.29, 0.717) is 22.4 Å². The van der Waals surface area contributed by atoms with Crippen LogP contribution in [0.5, 0.6) is 0 Å². The van der Waals surface area contributed by atoms with Crippen LogP contribution in [-0.2, 0) is 4.79 Å². The Morgan fingerprint density at radius 3 is 2.59 bits per heavy atom. The van der Waals surface area contributed by atoms with Gasteiger partial charge in [0.25, 0.3) is 0 Å². The summed E-state index contributed by atoms with van der Waals surface area (Å²) in [7, 11) is 0. The summed E-state index contributed by atoms with van der Waals surface area (Å²) in [5, 5.41) is 11.6. The summed E-state index contributed by atoms with van der Waals surface area (Å²) in [5.74, 6) is 0.631. The number of nitrogens with zero attached hydrogens (tertiary/aromatic N) is 4. The Hall–Kier alpha value is -3.33. The van der Waals surface area contributed by atoms with Gasteiger partial charge in [-0.3, -0.25) is 9.47 Å². The smallest absolute Gasteiger partial charge is 0.234 e. The van der Waals surface area contributed by atoms with Gasteiger partial charge in [-0.25, -0.2) is 9.07 Å². The van der Waals surface area contributed by atoms with Gasteiger partial charge in [0, 0.05) is 18.1 Å². The first-order chi connectivity index (χ1) is 13.2. The SMILES string of the molecule is O=C(CSc1nnc(-c2ccco2)n1-n1cccc1)Nc1ccc(F)cc1. The summed E-state index contributed by atoms with van der Waals surface area (Å²) in [4.78, 5) is 12.2. The van der Waals surface area contributed by atoms with Gasteiger partial charge in [0.2, 0.25) is 16.9 Å². The minimum absolute atomic E-state index is 0.120. The topological polar surface area (TPSA) is 77.9 Å². The molecule has 1 aromatic carbocycles. The molecule has 0 fully saturated rings. The van der Waals surface area contributed by atoms with Gasteiger partial charge in [0.05, 0.1) is 12.0 Å². The van der Waals surface area contributed by atoms with Crippen molar-refractivity contribution >= 4 is 23.4 Å². The lowest BCUT2D eigenvalue weighted by atomic mass is 10.3. The molecule has 0 atom stereocenters. The van der Waals surface area contributed by atoms with Gasteiger partial charge in [-0.2, -0.15) is 0 Å². The van der Waals surface area contributed by atoms with E-state index in [1.165, 1.54) is 36.0 Å². The monoisotopic (exact) mass is 383 g/mol. The van der Waals surface area contributed by atoms with Crippen LogP contribution in [0, 0.1) is 5.82 Å². The van der Waals surface area contributed by atoms with Crippen LogP contribution in [0.2, 0.25) is 0 Å². The lowest BCUT2D eigenvalue weighted by molar-refractivity contribution is -0.113. The zero-order chi connectivity index (χ0) is 18.6. The number of aromatic nitrogens is 4. The zero-order valence-electron chi connectivity index (χ0n) is 13.9. The largest absolute Gasteiger partial charge is 0.461 e. The molecule has 0 aliphatic carbocycles. The highest BCUT2D eigenvalue weighted by Gasteiger charge is 2.18. The molecule has 0 saturated heterocycles. The molecule has 7 nitrogen and oxygen atoms in total. The van der Waals surface area contributed by atoms with E-state index in [-0.39, 0.29) is 17.5 Å². The number of hydrogen-bond acceptors (Lipinski definition) is 5. The summed E-state index contributed by atoms with van der Waals surface area (Å²) < 4.78 is 21.9. The first-order valence-electron chi connectivity index (χ1n) is 8.02. The minimum Gasteiger partial charge on any atom is -0.461 e. The van der Waals surface area contributed by atoms with E-state index in [1.807, 2.05) is 24.5 Å². The number of thioether (sulfide) groups is 1. The van der Waals surface area contributed by atoms with E-state index in [4.69, 9.17) is 4.42 Å². The third-order valence-electron chi connectivity index (χ3n) is 3.63. The van der Waals surface area contributed by atoms with Gasteiger partial charge in [0.1, 0.15) is 5.82 Å². The molecule has 0 unspecified atom stereocenters. The van der Waals surface area contributed by atoms with Crippen LogP contribution in [0.15, 0.2) is 76.8 Å². The summed E-state index contributed by atoms with van der Waals surface area (Å²) in [6.07, 6.45) is 5.25. The quantitative estimate of drug-likeness (QED) is 0.516. The fourth-order valence-corrected chi connectivity index (χ4v) is 3.18. The summed E-state index contributed by atoms with van der Waals surface area (Å²) in [5.41, 5.74) is 0.533. The number of carbonyl (C=O) groups excluding carboxylic acids is 1. The summed E-state index contributed by atoms with van der Waals surface area (Å²) in [6, 6.07) is 12.9. The number of hydrogen-bond donors (Lipinski definition) is 1. The average Bonchev–Trinajstić information content (AvgIpc) is 3.42.